The first-order valence-corrected chi connectivity index (χ1v) is 7.33. The third-order valence-electron chi connectivity index (χ3n) is 4.76. The smallest absolute Gasteiger partial charge is 0.194 e. The van der Waals surface area contributed by atoms with Gasteiger partial charge in [-0.05, 0) is 37.3 Å². The molecule has 1 atom stereocenters. The molecule has 0 spiro atoms. The van der Waals surface area contributed by atoms with Crippen LogP contribution in [0.15, 0.2) is 6.07 Å². The van der Waals surface area contributed by atoms with Crippen LogP contribution in [0.4, 0.5) is 13.2 Å². The Hall–Kier alpha value is -1.11. The second-order valence-corrected chi connectivity index (χ2v) is 5.94. The minimum atomic E-state index is -1.41. The molecule has 1 unspecified atom stereocenters. The highest BCUT2D eigenvalue weighted by atomic mass is 19.2. The van der Waals surface area contributed by atoms with Crippen LogP contribution in [0.5, 0.6) is 0 Å². The summed E-state index contributed by atoms with van der Waals surface area (Å²) in [6, 6.07) is 0.952. The van der Waals surface area contributed by atoms with Gasteiger partial charge in [-0.3, -0.25) is 4.90 Å². The van der Waals surface area contributed by atoms with Gasteiger partial charge in [0.25, 0.3) is 0 Å². The molecule has 1 saturated carbocycles. The molecule has 1 aliphatic heterocycles. The monoisotopic (exact) mass is 300 g/mol. The van der Waals surface area contributed by atoms with E-state index in [2.05, 4.69) is 0 Å². The van der Waals surface area contributed by atoms with E-state index in [9.17, 15) is 18.3 Å². The second kappa shape index (κ2) is 5.59. The van der Waals surface area contributed by atoms with Crippen LogP contribution < -0.4 is 5.73 Å². The summed E-state index contributed by atoms with van der Waals surface area (Å²) in [6.45, 7) is 0.484. The molecule has 21 heavy (non-hydrogen) atoms. The van der Waals surface area contributed by atoms with Crippen molar-refractivity contribution in [3.63, 3.8) is 0 Å². The molecular formula is C15H19F3N2O. The number of fused-ring (bicyclic) bond motifs is 1. The van der Waals surface area contributed by atoms with Crippen LogP contribution in [-0.2, 0) is 6.54 Å². The number of hydrogen-bond donors (Lipinski definition) is 2. The molecule has 1 heterocycles. The first-order valence-electron chi connectivity index (χ1n) is 7.33. The highest BCUT2D eigenvalue weighted by Gasteiger charge is 2.38. The van der Waals surface area contributed by atoms with E-state index >= 15 is 0 Å². The highest BCUT2D eigenvalue weighted by molar-refractivity contribution is 5.37. The summed E-state index contributed by atoms with van der Waals surface area (Å²) in [7, 11) is 0. The summed E-state index contributed by atoms with van der Waals surface area (Å²) >= 11 is 0. The van der Waals surface area contributed by atoms with Crippen molar-refractivity contribution in [2.45, 2.75) is 50.4 Å². The second-order valence-electron chi connectivity index (χ2n) is 5.94. The van der Waals surface area contributed by atoms with Gasteiger partial charge in [-0.25, -0.2) is 13.2 Å². The molecule has 3 nitrogen and oxygen atoms in total. The lowest BCUT2D eigenvalue weighted by atomic mass is 9.91. The Labute approximate surface area is 121 Å². The molecule has 0 amide bonds. The Balaban J connectivity index is 1.91. The average molecular weight is 300 g/mol. The normalized spacial score (nSPS) is 29.7. The fourth-order valence-corrected chi connectivity index (χ4v) is 3.62. The Bertz CT molecular complexity index is 544. The summed E-state index contributed by atoms with van der Waals surface area (Å²) in [5, 5.41) is 9.58. The van der Waals surface area contributed by atoms with Crippen molar-refractivity contribution in [2.24, 2.45) is 5.73 Å². The minimum Gasteiger partial charge on any atom is -0.393 e. The third kappa shape index (κ3) is 2.45. The van der Waals surface area contributed by atoms with Crippen LogP contribution >= 0.6 is 0 Å². The number of benzene rings is 1. The zero-order valence-corrected chi connectivity index (χ0v) is 11.7. The lowest BCUT2D eigenvalue weighted by Crippen LogP contribution is -2.40. The van der Waals surface area contributed by atoms with Crippen molar-refractivity contribution in [1.82, 2.24) is 4.90 Å². The number of rotatable bonds is 2. The molecule has 0 bridgehead atoms. The van der Waals surface area contributed by atoms with Crippen molar-refractivity contribution in [1.29, 1.82) is 0 Å². The van der Waals surface area contributed by atoms with Crippen molar-refractivity contribution >= 4 is 0 Å². The van der Waals surface area contributed by atoms with E-state index in [4.69, 9.17) is 5.73 Å². The molecule has 1 fully saturated rings. The van der Waals surface area contributed by atoms with Gasteiger partial charge in [-0.15, -0.1) is 0 Å². The van der Waals surface area contributed by atoms with Crippen LogP contribution in [0.3, 0.4) is 0 Å². The van der Waals surface area contributed by atoms with Crippen molar-refractivity contribution in [3.05, 3.63) is 34.6 Å². The summed E-state index contributed by atoms with van der Waals surface area (Å²) in [5.41, 5.74) is 6.46. The Morgan fingerprint density at radius 3 is 2.43 bits per heavy atom. The van der Waals surface area contributed by atoms with E-state index in [0.717, 1.165) is 18.9 Å². The summed E-state index contributed by atoms with van der Waals surface area (Å²) < 4.78 is 40.8. The van der Waals surface area contributed by atoms with Crippen LogP contribution in [0.2, 0.25) is 0 Å². The third-order valence-corrected chi connectivity index (χ3v) is 4.76. The molecule has 1 aromatic carbocycles. The van der Waals surface area contributed by atoms with Crippen LogP contribution in [0.25, 0.3) is 0 Å². The quantitative estimate of drug-likeness (QED) is 0.824. The van der Waals surface area contributed by atoms with Crippen LogP contribution in [0.1, 0.15) is 42.9 Å². The molecule has 0 radical (unpaired) electrons. The van der Waals surface area contributed by atoms with E-state index in [-0.39, 0.29) is 36.8 Å². The Kier molecular flexibility index (Phi) is 3.94. The standard InChI is InChI=1S/C15H19F3N2O/c16-12-5-10-11(14(17)15(12)18)7-20(13(10)6-19)8-1-3-9(21)4-2-8/h5,8-9,13,21H,1-4,6-7,19H2. The van der Waals surface area contributed by atoms with E-state index in [0.29, 0.717) is 18.4 Å². The molecule has 3 N–H and O–H groups in total. The highest BCUT2D eigenvalue weighted by Crippen LogP contribution is 2.40. The lowest BCUT2D eigenvalue weighted by Gasteiger charge is -2.36. The molecule has 3 rings (SSSR count). The van der Waals surface area contributed by atoms with E-state index in [1.165, 1.54) is 0 Å². The molecule has 1 aliphatic carbocycles. The van der Waals surface area contributed by atoms with Gasteiger partial charge in [-0.1, -0.05) is 0 Å². The number of hydrogen-bond acceptors (Lipinski definition) is 3. The van der Waals surface area contributed by atoms with Crippen LogP contribution in [-0.4, -0.2) is 28.7 Å². The molecule has 116 valence electrons. The van der Waals surface area contributed by atoms with Gasteiger partial charge in [0.1, 0.15) is 0 Å². The summed E-state index contributed by atoms with van der Waals surface area (Å²) in [6.07, 6.45) is 2.69. The minimum absolute atomic E-state index is 0.167. The van der Waals surface area contributed by atoms with E-state index in [1.54, 1.807) is 0 Å². The molecule has 1 aromatic rings. The number of aliphatic hydroxyl groups excluding tert-OH is 1. The zero-order valence-electron chi connectivity index (χ0n) is 11.7. The van der Waals surface area contributed by atoms with Crippen molar-refractivity contribution in [3.8, 4) is 0 Å². The van der Waals surface area contributed by atoms with Crippen LogP contribution in [0, 0.1) is 17.5 Å². The molecule has 0 saturated heterocycles. The first-order chi connectivity index (χ1) is 10.0. The SMILES string of the molecule is NCC1c2cc(F)c(F)c(F)c2CN1C1CCC(O)CC1. The summed E-state index contributed by atoms with van der Waals surface area (Å²) in [5.74, 6) is -3.67. The predicted octanol–water partition coefficient (Wildman–Crippen LogP) is 2.22. The number of nitrogens with zero attached hydrogens (tertiary/aromatic N) is 1. The maximum atomic E-state index is 14.0. The molecule has 6 heteroatoms. The van der Waals surface area contributed by atoms with Gasteiger partial charge >= 0.3 is 0 Å². The topological polar surface area (TPSA) is 49.5 Å². The number of halogens is 3. The van der Waals surface area contributed by atoms with Gasteiger partial charge in [0, 0.05) is 30.7 Å². The average Bonchev–Trinajstić information content (AvgIpc) is 2.84. The lowest BCUT2D eigenvalue weighted by molar-refractivity contribution is 0.0569. The maximum absolute atomic E-state index is 14.0. The van der Waals surface area contributed by atoms with Gasteiger partial charge < -0.3 is 10.8 Å². The van der Waals surface area contributed by atoms with Crippen molar-refractivity contribution < 1.29 is 18.3 Å². The Morgan fingerprint density at radius 2 is 1.81 bits per heavy atom. The van der Waals surface area contributed by atoms with E-state index < -0.39 is 17.5 Å². The molecular weight excluding hydrogens is 281 g/mol. The molecule has 2 aliphatic rings. The van der Waals surface area contributed by atoms with Gasteiger partial charge in [-0.2, -0.15) is 0 Å². The fraction of sp³-hybridized carbons (Fsp3) is 0.600. The first kappa shape index (κ1) is 14.8. The van der Waals surface area contributed by atoms with Gasteiger partial charge in [0.05, 0.1) is 6.10 Å². The zero-order chi connectivity index (χ0) is 15.1. The summed E-state index contributed by atoms with van der Waals surface area (Å²) in [4.78, 5) is 2.03. The van der Waals surface area contributed by atoms with Gasteiger partial charge in [0.2, 0.25) is 0 Å². The largest absolute Gasteiger partial charge is 0.393 e. The van der Waals surface area contributed by atoms with Gasteiger partial charge in [0.15, 0.2) is 17.5 Å². The maximum Gasteiger partial charge on any atom is 0.194 e. The number of nitrogens with two attached hydrogens (primary N) is 1. The fourth-order valence-electron chi connectivity index (χ4n) is 3.62. The van der Waals surface area contributed by atoms with Crippen molar-refractivity contribution in [2.75, 3.05) is 6.54 Å². The number of aliphatic hydroxyl groups is 1. The molecule has 0 aromatic heterocycles. The Morgan fingerprint density at radius 1 is 1.14 bits per heavy atom. The van der Waals surface area contributed by atoms with E-state index in [1.807, 2.05) is 4.90 Å². The predicted molar refractivity (Wildman–Crippen MR) is 71.9 cm³/mol.